The van der Waals surface area contributed by atoms with Crippen LogP contribution in [0.15, 0.2) is 6.33 Å². The van der Waals surface area contributed by atoms with Crippen molar-refractivity contribution >= 4 is 29.2 Å². The van der Waals surface area contributed by atoms with Crippen molar-refractivity contribution in [2.75, 3.05) is 24.0 Å². The zero-order valence-electron chi connectivity index (χ0n) is 10.4. The summed E-state index contributed by atoms with van der Waals surface area (Å²) in [7, 11) is 1.97. The summed E-state index contributed by atoms with van der Waals surface area (Å²) in [5.41, 5.74) is 0.594. The van der Waals surface area contributed by atoms with Gasteiger partial charge in [0.05, 0.1) is 12.2 Å². The molecule has 6 heteroatoms. The smallest absolute Gasteiger partial charge is 0.140 e. The highest BCUT2D eigenvalue weighted by molar-refractivity contribution is 7.98. The molecule has 1 N–H and O–H groups in total. The number of hydrogen-bond acceptors (Lipinski definition) is 5. The van der Waals surface area contributed by atoms with Gasteiger partial charge in [0.1, 0.15) is 17.3 Å². The van der Waals surface area contributed by atoms with E-state index in [1.54, 1.807) is 11.8 Å². The molecule has 0 amide bonds. The third-order valence-corrected chi connectivity index (χ3v) is 3.78. The zero-order valence-corrected chi connectivity index (χ0v) is 11.9. The van der Waals surface area contributed by atoms with Gasteiger partial charge in [-0.15, -0.1) is 0 Å². The minimum Gasteiger partial charge on any atom is -0.391 e. The second-order valence-electron chi connectivity index (χ2n) is 3.75. The fourth-order valence-electron chi connectivity index (χ4n) is 1.69. The van der Waals surface area contributed by atoms with Crippen LogP contribution in [0.1, 0.15) is 18.9 Å². The first-order valence-electron chi connectivity index (χ1n) is 5.47. The Balaban J connectivity index is 3.01. The lowest BCUT2D eigenvalue weighted by Gasteiger charge is -2.29. The molecule has 1 aromatic heterocycles. The number of halogens is 1. The number of anilines is 1. The first-order chi connectivity index (χ1) is 8.15. The first-order valence-corrected chi connectivity index (χ1v) is 7.24. The van der Waals surface area contributed by atoms with E-state index in [0.717, 1.165) is 12.2 Å². The number of nitrogens with zero attached hydrogens (tertiary/aromatic N) is 3. The molecule has 0 bridgehead atoms. The molecule has 1 aromatic rings. The van der Waals surface area contributed by atoms with Crippen molar-refractivity contribution in [1.82, 2.24) is 9.97 Å². The van der Waals surface area contributed by atoms with Crippen molar-refractivity contribution in [3.63, 3.8) is 0 Å². The van der Waals surface area contributed by atoms with Crippen molar-refractivity contribution in [2.45, 2.75) is 26.0 Å². The summed E-state index contributed by atoms with van der Waals surface area (Å²) in [5.74, 6) is 1.73. The van der Waals surface area contributed by atoms with E-state index in [-0.39, 0.29) is 6.61 Å². The summed E-state index contributed by atoms with van der Waals surface area (Å²) >= 11 is 7.75. The highest BCUT2D eigenvalue weighted by atomic mass is 35.5. The molecule has 0 aliphatic carbocycles. The van der Waals surface area contributed by atoms with Crippen LogP contribution in [0.25, 0.3) is 0 Å². The lowest BCUT2D eigenvalue weighted by molar-refractivity contribution is 0.281. The normalized spacial score (nSPS) is 12.5. The minimum atomic E-state index is -0.144. The summed E-state index contributed by atoms with van der Waals surface area (Å²) in [4.78, 5) is 10.2. The number of aliphatic hydroxyl groups is 1. The van der Waals surface area contributed by atoms with Crippen molar-refractivity contribution in [3.05, 3.63) is 17.0 Å². The van der Waals surface area contributed by atoms with Gasteiger partial charge >= 0.3 is 0 Å². The van der Waals surface area contributed by atoms with Crippen LogP contribution >= 0.6 is 23.4 Å². The fourth-order valence-corrected chi connectivity index (χ4v) is 2.72. The van der Waals surface area contributed by atoms with E-state index >= 15 is 0 Å². The third-order valence-electron chi connectivity index (χ3n) is 2.74. The SMILES string of the molecule is CCC(CSC)N(C)c1ncnc(Cl)c1CO. The van der Waals surface area contributed by atoms with Gasteiger partial charge < -0.3 is 10.0 Å². The van der Waals surface area contributed by atoms with E-state index in [2.05, 4.69) is 28.0 Å². The number of aromatic nitrogens is 2. The largest absolute Gasteiger partial charge is 0.391 e. The maximum Gasteiger partial charge on any atom is 0.140 e. The second kappa shape index (κ2) is 7.03. The van der Waals surface area contributed by atoms with Crippen LogP contribution in [-0.2, 0) is 6.61 Å². The molecule has 1 rings (SSSR count). The molecule has 0 spiro atoms. The van der Waals surface area contributed by atoms with Gasteiger partial charge in [-0.25, -0.2) is 9.97 Å². The molecule has 0 saturated carbocycles. The van der Waals surface area contributed by atoms with E-state index in [1.165, 1.54) is 6.33 Å². The van der Waals surface area contributed by atoms with E-state index in [9.17, 15) is 5.11 Å². The lowest BCUT2D eigenvalue weighted by Crippen LogP contribution is -2.34. The number of rotatable bonds is 6. The first kappa shape index (κ1) is 14.5. The van der Waals surface area contributed by atoms with Crippen LogP contribution < -0.4 is 4.90 Å². The molecule has 96 valence electrons. The molecule has 1 atom stereocenters. The van der Waals surface area contributed by atoms with Crippen molar-refractivity contribution in [2.24, 2.45) is 0 Å². The summed E-state index contributed by atoms with van der Waals surface area (Å²) in [5, 5.41) is 9.66. The van der Waals surface area contributed by atoms with E-state index in [0.29, 0.717) is 22.6 Å². The molecule has 0 fully saturated rings. The van der Waals surface area contributed by atoms with E-state index < -0.39 is 0 Å². The summed E-state index contributed by atoms with van der Waals surface area (Å²) in [6, 6.07) is 0.376. The second-order valence-corrected chi connectivity index (χ2v) is 5.02. The van der Waals surface area contributed by atoms with Crippen molar-refractivity contribution in [1.29, 1.82) is 0 Å². The van der Waals surface area contributed by atoms with Gasteiger partial charge in [-0.2, -0.15) is 11.8 Å². The molecule has 0 aliphatic heterocycles. The fraction of sp³-hybridized carbons (Fsp3) is 0.636. The van der Waals surface area contributed by atoms with Gasteiger partial charge in [0.25, 0.3) is 0 Å². The third kappa shape index (κ3) is 3.47. The highest BCUT2D eigenvalue weighted by Crippen LogP contribution is 2.25. The van der Waals surface area contributed by atoms with Crippen LogP contribution in [-0.4, -0.2) is 40.2 Å². The van der Waals surface area contributed by atoms with Crippen LogP contribution in [0.2, 0.25) is 5.15 Å². The Hall–Kier alpha value is -0.520. The summed E-state index contributed by atoms with van der Waals surface area (Å²) < 4.78 is 0. The number of aliphatic hydroxyl groups excluding tert-OH is 1. The van der Waals surface area contributed by atoms with Gasteiger partial charge in [0.15, 0.2) is 0 Å². The molecule has 0 radical (unpaired) electrons. The molecular weight excluding hydrogens is 258 g/mol. The average molecular weight is 276 g/mol. The van der Waals surface area contributed by atoms with Gasteiger partial charge in [-0.3, -0.25) is 0 Å². The Kier molecular flexibility index (Phi) is 6.02. The van der Waals surface area contributed by atoms with Crippen LogP contribution in [0.3, 0.4) is 0 Å². The molecule has 0 aromatic carbocycles. The molecule has 0 saturated heterocycles. The van der Waals surface area contributed by atoms with Crippen molar-refractivity contribution < 1.29 is 5.11 Å². The minimum absolute atomic E-state index is 0.144. The average Bonchev–Trinajstić information content (AvgIpc) is 2.34. The van der Waals surface area contributed by atoms with E-state index in [4.69, 9.17) is 11.6 Å². The van der Waals surface area contributed by atoms with Crippen LogP contribution in [0, 0.1) is 0 Å². The van der Waals surface area contributed by atoms with Gasteiger partial charge in [0, 0.05) is 18.8 Å². The molecule has 0 aliphatic rings. The Labute approximate surface area is 111 Å². The van der Waals surface area contributed by atoms with Crippen LogP contribution in [0.4, 0.5) is 5.82 Å². The lowest BCUT2D eigenvalue weighted by atomic mass is 10.2. The number of hydrogen-bond donors (Lipinski definition) is 1. The predicted molar refractivity (Wildman–Crippen MR) is 73.8 cm³/mol. The maximum absolute atomic E-state index is 9.34. The highest BCUT2D eigenvalue weighted by Gasteiger charge is 2.18. The maximum atomic E-state index is 9.34. The predicted octanol–water partition coefficient (Wildman–Crippen LogP) is 2.20. The van der Waals surface area contributed by atoms with Gasteiger partial charge in [-0.05, 0) is 12.7 Å². The van der Waals surface area contributed by atoms with Gasteiger partial charge in [0.2, 0.25) is 0 Å². The Bertz CT molecular complexity index is 365. The standard InChI is InChI=1S/C11H18ClN3OS/c1-4-8(6-17-3)15(2)11-9(5-16)10(12)13-7-14-11/h7-8,16H,4-6H2,1-3H3. The Morgan fingerprint density at radius 3 is 2.76 bits per heavy atom. The van der Waals surface area contributed by atoms with Crippen molar-refractivity contribution in [3.8, 4) is 0 Å². The quantitative estimate of drug-likeness (QED) is 0.807. The molecule has 4 nitrogen and oxygen atoms in total. The molecule has 1 unspecified atom stereocenters. The monoisotopic (exact) mass is 275 g/mol. The van der Waals surface area contributed by atoms with E-state index in [1.807, 2.05) is 7.05 Å². The Morgan fingerprint density at radius 2 is 2.24 bits per heavy atom. The molecule has 1 heterocycles. The topological polar surface area (TPSA) is 49.2 Å². The number of thioether (sulfide) groups is 1. The van der Waals surface area contributed by atoms with Crippen LogP contribution in [0.5, 0.6) is 0 Å². The molecule has 17 heavy (non-hydrogen) atoms. The summed E-state index contributed by atoms with van der Waals surface area (Å²) in [6.07, 6.45) is 4.53. The van der Waals surface area contributed by atoms with Gasteiger partial charge in [-0.1, -0.05) is 18.5 Å². The zero-order chi connectivity index (χ0) is 12.8. The summed E-state index contributed by atoms with van der Waals surface area (Å²) in [6.45, 7) is 1.99. The Morgan fingerprint density at radius 1 is 1.53 bits per heavy atom. The molecular formula is C11H18ClN3OS.